The van der Waals surface area contributed by atoms with Gasteiger partial charge < -0.3 is 20.8 Å². The Balaban J connectivity index is 0.000000257. The first kappa shape index (κ1) is 13.7. The molecule has 0 aliphatic heterocycles. The molecule has 0 bridgehead atoms. The van der Waals surface area contributed by atoms with Gasteiger partial charge in [-0.2, -0.15) is 0 Å². The van der Waals surface area contributed by atoms with Crippen molar-refractivity contribution in [2.24, 2.45) is 0 Å². The summed E-state index contributed by atoms with van der Waals surface area (Å²) in [6.07, 6.45) is 1.97. The number of aliphatic carboxylic acids is 1. The molecule has 2 heterocycles. The van der Waals surface area contributed by atoms with Crippen molar-refractivity contribution in [3.8, 4) is 0 Å². The van der Waals surface area contributed by atoms with E-state index in [1.807, 2.05) is 18.2 Å². The van der Waals surface area contributed by atoms with Crippen molar-refractivity contribution in [1.82, 2.24) is 9.97 Å². The van der Waals surface area contributed by atoms with Gasteiger partial charge in [-0.15, -0.1) is 0 Å². The fourth-order valence-electron chi connectivity index (χ4n) is 1.86. The molecule has 0 amide bonds. The van der Waals surface area contributed by atoms with Crippen LogP contribution in [0.5, 0.6) is 0 Å². The summed E-state index contributed by atoms with van der Waals surface area (Å²) in [4.78, 5) is 26.7. The average molecular weight is 273 g/mol. The molecule has 5 N–H and O–H groups in total. The Bertz CT molecular complexity index is 817. The molecule has 3 aromatic rings. The molecule has 0 fully saturated rings. The molecule has 0 aliphatic carbocycles. The Morgan fingerprint density at radius 1 is 1.30 bits per heavy atom. The van der Waals surface area contributed by atoms with Gasteiger partial charge in [0.15, 0.2) is 0 Å². The van der Waals surface area contributed by atoms with Crippen LogP contribution in [0.3, 0.4) is 0 Å². The van der Waals surface area contributed by atoms with Crippen LogP contribution < -0.4 is 11.3 Å². The lowest BCUT2D eigenvalue weighted by atomic mass is 10.1. The van der Waals surface area contributed by atoms with Crippen LogP contribution in [0.4, 0.5) is 5.69 Å². The lowest BCUT2D eigenvalue weighted by molar-refractivity contribution is -0.136. The second-order valence-corrected chi connectivity index (χ2v) is 4.27. The number of H-pyrrole nitrogens is 2. The second kappa shape index (κ2) is 5.48. The number of carbonyl (C=O) groups is 1. The Morgan fingerprint density at radius 3 is 2.65 bits per heavy atom. The van der Waals surface area contributed by atoms with Crippen molar-refractivity contribution in [3.05, 3.63) is 40.8 Å². The van der Waals surface area contributed by atoms with Gasteiger partial charge in [-0.1, -0.05) is 6.92 Å². The monoisotopic (exact) mass is 273 g/mol. The third-order valence-electron chi connectivity index (χ3n) is 2.86. The van der Waals surface area contributed by atoms with E-state index in [4.69, 9.17) is 10.8 Å². The molecule has 0 atom stereocenters. The zero-order valence-electron chi connectivity index (χ0n) is 10.9. The summed E-state index contributed by atoms with van der Waals surface area (Å²) in [6.45, 7) is 1.60. The topological polar surface area (TPSA) is 112 Å². The van der Waals surface area contributed by atoms with Crippen molar-refractivity contribution in [1.29, 1.82) is 0 Å². The lowest BCUT2D eigenvalue weighted by Gasteiger charge is -2.00. The molecule has 2 aromatic heterocycles. The summed E-state index contributed by atoms with van der Waals surface area (Å²) in [5, 5.41) is 9.59. The predicted octanol–water partition coefficient (Wildman–Crippen LogP) is 2.07. The maximum Gasteiger partial charge on any atom is 0.303 e. The number of nitrogens with two attached hydrogens (primary N) is 1. The van der Waals surface area contributed by atoms with Gasteiger partial charge in [-0.25, -0.2) is 0 Å². The fourth-order valence-corrected chi connectivity index (χ4v) is 1.86. The van der Waals surface area contributed by atoms with Crippen LogP contribution in [-0.4, -0.2) is 21.0 Å². The van der Waals surface area contributed by atoms with E-state index in [9.17, 15) is 9.59 Å². The lowest BCUT2D eigenvalue weighted by Crippen LogP contribution is -2.06. The number of aromatic nitrogens is 2. The first-order valence-electron chi connectivity index (χ1n) is 6.13. The number of hydrogen-bond donors (Lipinski definition) is 4. The third-order valence-corrected chi connectivity index (χ3v) is 2.86. The molecule has 0 spiro atoms. The number of carboxylic acids is 1. The minimum absolute atomic E-state index is 0.104. The van der Waals surface area contributed by atoms with Gasteiger partial charge in [0.05, 0.1) is 0 Å². The maximum absolute atomic E-state index is 11.6. The minimum Gasteiger partial charge on any atom is -0.481 e. The Morgan fingerprint density at radius 2 is 2.00 bits per heavy atom. The van der Waals surface area contributed by atoms with E-state index in [-0.39, 0.29) is 12.0 Å². The Labute approximate surface area is 114 Å². The summed E-state index contributed by atoms with van der Waals surface area (Å²) >= 11 is 0. The van der Waals surface area contributed by atoms with E-state index in [0.29, 0.717) is 11.2 Å². The molecule has 0 aliphatic rings. The van der Waals surface area contributed by atoms with Gasteiger partial charge in [0.25, 0.3) is 5.56 Å². The van der Waals surface area contributed by atoms with Gasteiger partial charge in [0.2, 0.25) is 0 Å². The van der Waals surface area contributed by atoms with Crippen molar-refractivity contribution < 1.29 is 9.90 Å². The van der Waals surface area contributed by atoms with Crippen LogP contribution in [0.25, 0.3) is 21.8 Å². The minimum atomic E-state index is -0.745. The molecule has 0 saturated heterocycles. The molecule has 20 heavy (non-hydrogen) atoms. The van der Waals surface area contributed by atoms with Crippen LogP contribution >= 0.6 is 0 Å². The summed E-state index contributed by atoms with van der Waals surface area (Å²) in [7, 11) is 0. The highest BCUT2D eigenvalue weighted by Gasteiger charge is 2.05. The maximum atomic E-state index is 11.6. The number of pyridine rings is 1. The highest BCUT2D eigenvalue weighted by atomic mass is 16.4. The Kier molecular flexibility index (Phi) is 3.74. The number of benzene rings is 1. The third kappa shape index (κ3) is 2.64. The zero-order chi connectivity index (χ0) is 14.7. The SMILES string of the molecule is CCC(=O)O.Nc1ccc2[nH]c(=O)c3[nH]ccc3c2c1. The van der Waals surface area contributed by atoms with Crippen LogP contribution in [0.1, 0.15) is 13.3 Å². The van der Waals surface area contributed by atoms with Crippen LogP contribution in [0.15, 0.2) is 35.3 Å². The molecule has 0 radical (unpaired) electrons. The standard InChI is InChI=1S/C11H9N3O.C3H6O2/c12-6-1-2-9-8(5-6)7-3-4-13-10(7)11(15)14-9;1-2-3(4)5/h1-5,13H,12H2,(H,14,15);2H2,1H3,(H,4,5). The predicted molar refractivity (Wildman–Crippen MR) is 78.8 cm³/mol. The normalized spacial score (nSPS) is 10.2. The highest BCUT2D eigenvalue weighted by molar-refractivity contribution is 6.05. The van der Waals surface area contributed by atoms with Gasteiger partial charge in [0, 0.05) is 34.6 Å². The zero-order valence-corrected chi connectivity index (χ0v) is 10.9. The van der Waals surface area contributed by atoms with Gasteiger partial charge in [-0.05, 0) is 24.3 Å². The molecule has 0 saturated carbocycles. The van der Waals surface area contributed by atoms with Gasteiger partial charge in [0.1, 0.15) is 5.52 Å². The van der Waals surface area contributed by atoms with E-state index in [2.05, 4.69) is 9.97 Å². The molecular formula is C14H15N3O3. The number of fused-ring (bicyclic) bond motifs is 3. The van der Waals surface area contributed by atoms with Gasteiger partial charge in [-0.3, -0.25) is 9.59 Å². The van der Waals surface area contributed by atoms with Crippen molar-refractivity contribution >= 4 is 33.5 Å². The van der Waals surface area contributed by atoms with Crippen LogP contribution in [0, 0.1) is 0 Å². The number of nitrogens with one attached hydrogen (secondary N) is 2. The summed E-state index contributed by atoms with van der Waals surface area (Å²) in [5.41, 5.74) is 7.70. The van der Waals surface area contributed by atoms with Crippen molar-refractivity contribution in [2.45, 2.75) is 13.3 Å². The number of nitrogen functional groups attached to an aromatic ring is 1. The molecular weight excluding hydrogens is 258 g/mol. The van der Waals surface area contributed by atoms with Crippen LogP contribution in [-0.2, 0) is 4.79 Å². The molecule has 104 valence electrons. The largest absolute Gasteiger partial charge is 0.481 e. The van der Waals surface area contributed by atoms with E-state index >= 15 is 0 Å². The van der Waals surface area contributed by atoms with Crippen molar-refractivity contribution in [3.63, 3.8) is 0 Å². The Hall–Kier alpha value is -2.76. The number of hydrogen-bond acceptors (Lipinski definition) is 3. The van der Waals surface area contributed by atoms with Gasteiger partial charge >= 0.3 is 5.97 Å². The van der Waals surface area contributed by atoms with E-state index in [0.717, 1.165) is 16.3 Å². The molecule has 6 nitrogen and oxygen atoms in total. The number of rotatable bonds is 1. The quantitative estimate of drug-likeness (QED) is 0.508. The summed E-state index contributed by atoms with van der Waals surface area (Å²) in [6, 6.07) is 7.34. The molecule has 0 unspecified atom stereocenters. The molecule has 1 aromatic carbocycles. The average Bonchev–Trinajstić information content (AvgIpc) is 2.91. The first-order valence-corrected chi connectivity index (χ1v) is 6.13. The summed E-state index contributed by atoms with van der Waals surface area (Å²) in [5.74, 6) is -0.745. The highest BCUT2D eigenvalue weighted by Crippen LogP contribution is 2.22. The fraction of sp³-hybridized carbons (Fsp3) is 0.143. The van der Waals surface area contributed by atoms with Crippen LogP contribution in [0.2, 0.25) is 0 Å². The summed E-state index contributed by atoms with van der Waals surface area (Å²) < 4.78 is 0. The second-order valence-electron chi connectivity index (χ2n) is 4.27. The van der Waals surface area contributed by atoms with E-state index < -0.39 is 5.97 Å². The van der Waals surface area contributed by atoms with Crippen molar-refractivity contribution in [2.75, 3.05) is 5.73 Å². The number of carboxylic acid groups (broad SMARTS) is 1. The first-order chi connectivity index (χ1) is 9.52. The smallest absolute Gasteiger partial charge is 0.303 e. The van der Waals surface area contributed by atoms with E-state index in [1.165, 1.54) is 0 Å². The molecule has 3 rings (SSSR count). The number of aromatic amines is 2. The number of anilines is 1. The van der Waals surface area contributed by atoms with E-state index in [1.54, 1.807) is 19.2 Å². The molecule has 6 heteroatoms.